The van der Waals surface area contributed by atoms with Gasteiger partial charge in [-0.05, 0) is 25.8 Å². The molecule has 0 aromatic heterocycles. The molecule has 0 saturated heterocycles. The van der Waals surface area contributed by atoms with Crippen molar-refractivity contribution in [3.05, 3.63) is 23.8 Å². The van der Waals surface area contributed by atoms with Crippen molar-refractivity contribution < 1.29 is 9.53 Å². The first-order valence-electron chi connectivity index (χ1n) is 5.72. The van der Waals surface area contributed by atoms with Gasteiger partial charge in [0.2, 0.25) is 0 Å². The molecule has 0 N–H and O–H groups in total. The van der Waals surface area contributed by atoms with E-state index in [1.165, 1.54) is 0 Å². The van der Waals surface area contributed by atoms with Crippen LogP contribution >= 0.6 is 0 Å². The maximum Gasteiger partial charge on any atom is 0.256 e. The molecule has 0 fully saturated rings. The van der Waals surface area contributed by atoms with Crippen LogP contribution in [0.5, 0.6) is 0 Å². The normalized spacial score (nSPS) is 14.2. The Kier molecular flexibility index (Phi) is 7.56. The number of allylic oxidation sites excluding steroid dienone is 2. The Labute approximate surface area is 98.8 Å². The van der Waals surface area contributed by atoms with Gasteiger partial charge < -0.3 is 9.64 Å². The van der Waals surface area contributed by atoms with E-state index in [0.717, 1.165) is 12.0 Å². The molecule has 0 aromatic rings. The quantitative estimate of drug-likeness (QED) is 0.650. The minimum absolute atomic E-state index is 0.00106. The first kappa shape index (κ1) is 14.9. The molecule has 1 atom stereocenters. The number of rotatable bonds is 6. The fourth-order valence-electron chi connectivity index (χ4n) is 1.32. The summed E-state index contributed by atoms with van der Waals surface area (Å²) in [6, 6.07) is 0. The summed E-state index contributed by atoms with van der Waals surface area (Å²) in [4.78, 5) is 13.7. The molecule has 3 nitrogen and oxygen atoms in total. The lowest BCUT2D eigenvalue weighted by molar-refractivity contribution is -0.138. The molecule has 0 aliphatic rings. The molecule has 3 heteroatoms. The highest BCUT2D eigenvalue weighted by atomic mass is 16.5. The van der Waals surface area contributed by atoms with Crippen LogP contribution in [0.2, 0.25) is 0 Å². The van der Waals surface area contributed by atoms with Crippen molar-refractivity contribution in [3.8, 4) is 0 Å². The van der Waals surface area contributed by atoms with Gasteiger partial charge in [-0.3, -0.25) is 4.79 Å². The van der Waals surface area contributed by atoms with Crippen molar-refractivity contribution in [2.45, 2.75) is 33.3 Å². The Hall–Kier alpha value is -1.09. The van der Waals surface area contributed by atoms with E-state index in [0.29, 0.717) is 6.54 Å². The van der Waals surface area contributed by atoms with Crippen LogP contribution in [-0.4, -0.2) is 37.6 Å². The summed E-state index contributed by atoms with van der Waals surface area (Å²) >= 11 is 0. The highest BCUT2D eigenvalue weighted by molar-refractivity contribution is 5.84. The maximum absolute atomic E-state index is 12.0. The molecular formula is C13H23NO2. The van der Waals surface area contributed by atoms with Crippen LogP contribution in [-0.2, 0) is 9.53 Å². The average molecular weight is 225 g/mol. The molecule has 0 spiro atoms. The summed E-state index contributed by atoms with van der Waals surface area (Å²) in [6.07, 6.45) is 6.36. The highest BCUT2D eigenvalue weighted by Gasteiger charge is 2.22. The van der Waals surface area contributed by atoms with Gasteiger partial charge in [-0.15, -0.1) is 0 Å². The number of carbonyl (C=O) groups is 1. The van der Waals surface area contributed by atoms with E-state index >= 15 is 0 Å². The number of hydrogen-bond donors (Lipinski definition) is 0. The van der Waals surface area contributed by atoms with Gasteiger partial charge in [0.1, 0.15) is 0 Å². The van der Waals surface area contributed by atoms with Crippen molar-refractivity contribution >= 4 is 5.91 Å². The van der Waals surface area contributed by atoms with Crippen molar-refractivity contribution in [2.75, 3.05) is 20.7 Å². The second-order valence-corrected chi connectivity index (χ2v) is 3.57. The molecule has 16 heavy (non-hydrogen) atoms. The zero-order valence-electron chi connectivity index (χ0n) is 11.0. The molecular weight excluding hydrogens is 202 g/mol. The van der Waals surface area contributed by atoms with E-state index < -0.39 is 6.10 Å². The van der Waals surface area contributed by atoms with Crippen LogP contribution in [0.15, 0.2) is 23.8 Å². The summed E-state index contributed by atoms with van der Waals surface area (Å²) in [7, 11) is 3.35. The van der Waals surface area contributed by atoms with Gasteiger partial charge in [0.15, 0.2) is 6.10 Å². The van der Waals surface area contributed by atoms with Crippen LogP contribution in [0.1, 0.15) is 27.2 Å². The van der Waals surface area contributed by atoms with Crippen molar-refractivity contribution in [1.82, 2.24) is 4.90 Å². The lowest BCUT2D eigenvalue weighted by Gasteiger charge is -2.22. The Morgan fingerprint density at radius 2 is 2.06 bits per heavy atom. The molecule has 0 heterocycles. The Balaban J connectivity index is 4.82. The van der Waals surface area contributed by atoms with Gasteiger partial charge in [-0.1, -0.05) is 25.2 Å². The minimum Gasteiger partial charge on any atom is -0.367 e. The predicted octanol–water partition coefficient (Wildman–Crippen LogP) is 2.39. The Morgan fingerprint density at radius 1 is 1.44 bits per heavy atom. The number of amides is 1. The molecule has 0 saturated carbocycles. The summed E-state index contributed by atoms with van der Waals surface area (Å²) in [5, 5.41) is 0. The third-order valence-electron chi connectivity index (χ3n) is 2.49. The molecule has 1 amide bonds. The molecule has 0 aliphatic carbocycles. The number of methoxy groups -OCH3 is 1. The van der Waals surface area contributed by atoms with E-state index in [-0.39, 0.29) is 5.91 Å². The van der Waals surface area contributed by atoms with Crippen LogP contribution < -0.4 is 0 Å². The van der Waals surface area contributed by atoms with Crippen LogP contribution in [0, 0.1) is 0 Å². The smallest absolute Gasteiger partial charge is 0.256 e. The van der Waals surface area contributed by atoms with E-state index in [4.69, 9.17) is 4.74 Å². The van der Waals surface area contributed by atoms with E-state index in [9.17, 15) is 4.79 Å². The van der Waals surface area contributed by atoms with Gasteiger partial charge in [-0.2, -0.15) is 0 Å². The summed E-state index contributed by atoms with van der Waals surface area (Å²) in [5.41, 5.74) is 0.912. The fraction of sp³-hybridized carbons (Fsp3) is 0.615. The van der Waals surface area contributed by atoms with E-state index in [1.54, 1.807) is 19.1 Å². The fourth-order valence-corrected chi connectivity index (χ4v) is 1.32. The summed E-state index contributed by atoms with van der Waals surface area (Å²) in [5.74, 6) is -0.00106. The van der Waals surface area contributed by atoms with Gasteiger partial charge in [-0.25, -0.2) is 0 Å². The Morgan fingerprint density at radius 3 is 2.44 bits per heavy atom. The number of likely N-dealkylation sites (N-methyl/N-ethyl adjacent to an activating group) is 1. The monoisotopic (exact) mass is 225 g/mol. The Bertz CT molecular complexity index is 269. The van der Waals surface area contributed by atoms with Gasteiger partial charge >= 0.3 is 0 Å². The summed E-state index contributed by atoms with van der Waals surface area (Å²) in [6.45, 7) is 6.61. The van der Waals surface area contributed by atoms with E-state index in [2.05, 4.69) is 6.92 Å². The van der Waals surface area contributed by atoms with Crippen LogP contribution in [0.4, 0.5) is 0 Å². The lowest BCUT2D eigenvalue weighted by Crippen LogP contribution is -2.38. The number of ether oxygens (including phenoxy) is 1. The van der Waals surface area contributed by atoms with Gasteiger partial charge in [0.25, 0.3) is 5.91 Å². The number of nitrogens with zero attached hydrogens (tertiary/aromatic N) is 1. The predicted molar refractivity (Wildman–Crippen MR) is 67.3 cm³/mol. The number of hydrogen-bond acceptors (Lipinski definition) is 2. The summed E-state index contributed by atoms with van der Waals surface area (Å²) < 4.78 is 5.27. The molecule has 92 valence electrons. The average Bonchev–Trinajstić information content (AvgIpc) is 2.32. The second-order valence-electron chi connectivity index (χ2n) is 3.57. The van der Waals surface area contributed by atoms with Crippen molar-refractivity contribution in [1.29, 1.82) is 0 Å². The molecule has 0 aromatic carbocycles. The first-order chi connectivity index (χ1) is 7.62. The zero-order chi connectivity index (χ0) is 12.6. The minimum atomic E-state index is -0.488. The van der Waals surface area contributed by atoms with Gasteiger partial charge in [0.05, 0.1) is 0 Å². The molecule has 0 radical (unpaired) electrons. The standard InChI is InChI=1S/C13H23NO2/c1-6-9-10-11(7-2)12(16-5)13(15)14(4)8-3/h7,9-10,12H,6,8H2,1-5H3/b10-9-,11-7+. The lowest BCUT2D eigenvalue weighted by atomic mass is 10.1. The maximum atomic E-state index is 12.0. The molecule has 0 rings (SSSR count). The molecule has 1 unspecified atom stereocenters. The van der Waals surface area contributed by atoms with Crippen LogP contribution in [0.25, 0.3) is 0 Å². The second kappa shape index (κ2) is 8.11. The van der Waals surface area contributed by atoms with Crippen LogP contribution in [0.3, 0.4) is 0 Å². The zero-order valence-corrected chi connectivity index (χ0v) is 11.0. The topological polar surface area (TPSA) is 29.5 Å². The van der Waals surface area contributed by atoms with Crippen molar-refractivity contribution in [2.24, 2.45) is 0 Å². The SMILES string of the molecule is C/C=C(\C=C/CC)C(OC)C(=O)N(C)CC. The molecule has 0 bridgehead atoms. The number of carbonyl (C=O) groups excluding carboxylic acids is 1. The largest absolute Gasteiger partial charge is 0.367 e. The van der Waals surface area contributed by atoms with Gasteiger partial charge in [0, 0.05) is 20.7 Å². The first-order valence-corrected chi connectivity index (χ1v) is 5.72. The van der Waals surface area contributed by atoms with Crippen molar-refractivity contribution in [3.63, 3.8) is 0 Å². The third-order valence-corrected chi connectivity index (χ3v) is 2.49. The third kappa shape index (κ3) is 4.19. The highest BCUT2D eigenvalue weighted by Crippen LogP contribution is 2.11. The van der Waals surface area contributed by atoms with E-state index in [1.807, 2.05) is 32.1 Å². The molecule has 0 aliphatic heterocycles.